The van der Waals surface area contributed by atoms with E-state index in [9.17, 15) is 10.1 Å². The number of nitriles is 1. The topological polar surface area (TPSA) is 89.8 Å². The highest BCUT2D eigenvalue weighted by Crippen LogP contribution is 2.36. The third-order valence-corrected chi connectivity index (χ3v) is 5.80. The predicted molar refractivity (Wildman–Crippen MR) is 143 cm³/mol. The molecule has 0 aromatic heterocycles. The highest BCUT2D eigenvalue weighted by atomic mass is 79.9. The first-order valence-electron chi connectivity index (χ1n) is 10.9. The third kappa shape index (κ3) is 6.94. The Morgan fingerprint density at radius 2 is 1.72 bits per heavy atom. The molecule has 0 aliphatic carbocycles. The van der Waals surface area contributed by atoms with Gasteiger partial charge in [0.1, 0.15) is 29.7 Å². The number of halogens is 2. The van der Waals surface area contributed by atoms with Crippen LogP contribution in [-0.4, -0.2) is 26.7 Å². The lowest BCUT2D eigenvalue weighted by Crippen LogP contribution is -2.14. The molecule has 0 bridgehead atoms. The first-order valence-corrected chi connectivity index (χ1v) is 12.0. The van der Waals surface area contributed by atoms with Gasteiger partial charge in [-0.25, -0.2) is 0 Å². The van der Waals surface area contributed by atoms with E-state index >= 15 is 0 Å². The number of amides is 1. The van der Waals surface area contributed by atoms with Crippen LogP contribution in [-0.2, 0) is 11.4 Å². The summed E-state index contributed by atoms with van der Waals surface area (Å²) in [4.78, 5) is 12.9. The summed E-state index contributed by atoms with van der Waals surface area (Å²) in [5, 5.41) is 12.7. The number of methoxy groups -OCH3 is 2. The molecule has 0 fully saturated rings. The van der Waals surface area contributed by atoms with Crippen LogP contribution >= 0.6 is 27.5 Å². The Kier molecular flexibility index (Phi) is 9.62. The van der Waals surface area contributed by atoms with Crippen molar-refractivity contribution in [2.24, 2.45) is 0 Å². The number of hydrogen-bond acceptors (Lipinski definition) is 6. The first-order chi connectivity index (χ1) is 17.4. The maximum absolute atomic E-state index is 12.9. The van der Waals surface area contributed by atoms with Crippen LogP contribution in [0, 0.1) is 11.3 Å². The molecule has 186 valence electrons. The van der Waals surface area contributed by atoms with Crippen molar-refractivity contribution in [3.05, 3.63) is 80.8 Å². The Morgan fingerprint density at radius 1 is 1.00 bits per heavy atom. The molecule has 0 radical (unpaired) electrons. The number of carbonyl (C=O) groups excluding carboxylic acids is 1. The van der Waals surface area contributed by atoms with Crippen LogP contribution in [0.4, 0.5) is 5.69 Å². The van der Waals surface area contributed by atoms with E-state index in [0.29, 0.717) is 52.5 Å². The largest absolute Gasteiger partial charge is 0.495 e. The van der Waals surface area contributed by atoms with Crippen molar-refractivity contribution < 1.29 is 23.7 Å². The lowest BCUT2D eigenvalue weighted by molar-refractivity contribution is -0.112. The van der Waals surface area contributed by atoms with E-state index in [1.807, 2.05) is 37.3 Å². The number of benzene rings is 3. The van der Waals surface area contributed by atoms with Gasteiger partial charge >= 0.3 is 0 Å². The minimum atomic E-state index is -0.617. The molecule has 36 heavy (non-hydrogen) atoms. The predicted octanol–water partition coefficient (Wildman–Crippen LogP) is 6.64. The van der Waals surface area contributed by atoms with E-state index in [1.165, 1.54) is 32.4 Å². The Morgan fingerprint density at radius 3 is 2.36 bits per heavy atom. The van der Waals surface area contributed by atoms with Gasteiger partial charge in [-0.15, -0.1) is 0 Å². The van der Waals surface area contributed by atoms with Gasteiger partial charge in [-0.2, -0.15) is 5.26 Å². The Labute approximate surface area is 223 Å². The molecule has 0 heterocycles. The summed E-state index contributed by atoms with van der Waals surface area (Å²) in [5.74, 6) is 1.13. The van der Waals surface area contributed by atoms with Gasteiger partial charge in [0.2, 0.25) is 0 Å². The Hall–Kier alpha value is -3.67. The summed E-state index contributed by atoms with van der Waals surface area (Å²) in [6, 6.07) is 18.0. The number of nitrogens with one attached hydrogen (secondary N) is 1. The summed E-state index contributed by atoms with van der Waals surface area (Å²) >= 11 is 9.54. The van der Waals surface area contributed by atoms with Crippen LogP contribution < -0.4 is 24.3 Å². The van der Waals surface area contributed by atoms with Gasteiger partial charge < -0.3 is 24.3 Å². The quantitative estimate of drug-likeness (QED) is 0.217. The number of carbonyl (C=O) groups is 1. The maximum atomic E-state index is 12.9. The van der Waals surface area contributed by atoms with Crippen molar-refractivity contribution in [1.29, 1.82) is 5.26 Å². The molecule has 1 amide bonds. The number of rotatable bonds is 10. The lowest BCUT2D eigenvalue weighted by Gasteiger charge is -2.14. The Balaban J connectivity index is 1.82. The van der Waals surface area contributed by atoms with E-state index in [2.05, 4.69) is 21.2 Å². The minimum Gasteiger partial charge on any atom is -0.495 e. The second-order valence-corrected chi connectivity index (χ2v) is 8.69. The molecule has 3 aromatic rings. The monoisotopic (exact) mass is 570 g/mol. The lowest BCUT2D eigenvalue weighted by atomic mass is 10.1. The van der Waals surface area contributed by atoms with E-state index in [0.717, 1.165) is 10.0 Å². The summed E-state index contributed by atoms with van der Waals surface area (Å²) in [5.41, 5.74) is 1.80. The summed E-state index contributed by atoms with van der Waals surface area (Å²) < 4.78 is 23.2. The van der Waals surface area contributed by atoms with E-state index in [1.54, 1.807) is 18.2 Å². The van der Waals surface area contributed by atoms with Crippen LogP contribution in [0.15, 0.2) is 64.6 Å². The zero-order chi connectivity index (χ0) is 26.1. The first kappa shape index (κ1) is 26.9. The molecule has 0 saturated heterocycles. The van der Waals surface area contributed by atoms with Crippen LogP contribution in [0.5, 0.6) is 23.0 Å². The molecule has 0 saturated carbocycles. The van der Waals surface area contributed by atoms with E-state index < -0.39 is 5.91 Å². The average molecular weight is 572 g/mol. The second-order valence-electron chi connectivity index (χ2n) is 7.37. The molecule has 7 nitrogen and oxygen atoms in total. The third-order valence-electron chi connectivity index (χ3n) is 4.97. The molecule has 1 N–H and O–H groups in total. The van der Waals surface area contributed by atoms with Gasteiger partial charge in [0.25, 0.3) is 5.91 Å². The zero-order valence-corrected chi connectivity index (χ0v) is 22.3. The molecule has 0 aliphatic rings. The smallest absolute Gasteiger partial charge is 0.266 e. The molecular weight excluding hydrogens is 548 g/mol. The number of nitrogens with zero attached hydrogens (tertiary/aromatic N) is 1. The molecule has 9 heteroatoms. The molecular formula is C27H24BrClN2O5. The van der Waals surface area contributed by atoms with Gasteiger partial charge in [0, 0.05) is 16.6 Å². The van der Waals surface area contributed by atoms with Crippen molar-refractivity contribution in [3.8, 4) is 29.1 Å². The van der Waals surface area contributed by atoms with Crippen molar-refractivity contribution in [2.45, 2.75) is 13.5 Å². The van der Waals surface area contributed by atoms with Crippen molar-refractivity contribution in [3.63, 3.8) is 0 Å². The highest BCUT2D eigenvalue weighted by Gasteiger charge is 2.16. The maximum Gasteiger partial charge on any atom is 0.266 e. The van der Waals surface area contributed by atoms with Gasteiger partial charge in [-0.3, -0.25) is 4.79 Å². The van der Waals surface area contributed by atoms with Crippen molar-refractivity contribution >= 4 is 45.2 Å². The molecule has 0 unspecified atom stereocenters. The fourth-order valence-corrected chi connectivity index (χ4v) is 3.70. The average Bonchev–Trinajstić information content (AvgIpc) is 2.88. The van der Waals surface area contributed by atoms with Gasteiger partial charge in [0.05, 0.1) is 31.5 Å². The summed E-state index contributed by atoms with van der Waals surface area (Å²) in [6.45, 7) is 2.65. The van der Waals surface area contributed by atoms with Crippen LogP contribution in [0.3, 0.4) is 0 Å². The van der Waals surface area contributed by atoms with Crippen molar-refractivity contribution in [2.75, 3.05) is 26.1 Å². The van der Waals surface area contributed by atoms with Gasteiger partial charge in [-0.1, -0.05) is 45.7 Å². The SMILES string of the molecule is CCOc1cc(/C=C(\C#N)C(=O)Nc2cc(OC)c(Cl)cc2OC)ccc1OCc1ccc(Br)cc1. The second kappa shape index (κ2) is 12.9. The fourth-order valence-electron chi connectivity index (χ4n) is 3.21. The highest BCUT2D eigenvalue weighted by molar-refractivity contribution is 9.10. The van der Waals surface area contributed by atoms with E-state index in [4.69, 9.17) is 30.5 Å². The van der Waals surface area contributed by atoms with Crippen LogP contribution in [0.1, 0.15) is 18.1 Å². The normalized spacial score (nSPS) is 10.8. The summed E-state index contributed by atoms with van der Waals surface area (Å²) in [6.07, 6.45) is 1.47. The van der Waals surface area contributed by atoms with E-state index in [-0.39, 0.29) is 5.57 Å². The molecule has 3 rings (SSSR count). The molecule has 3 aromatic carbocycles. The van der Waals surface area contributed by atoms with Crippen LogP contribution in [0.25, 0.3) is 6.08 Å². The van der Waals surface area contributed by atoms with Crippen LogP contribution in [0.2, 0.25) is 5.02 Å². The minimum absolute atomic E-state index is 0.114. The molecule has 0 aliphatic heterocycles. The fraction of sp³-hybridized carbons (Fsp3) is 0.185. The summed E-state index contributed by atoms with van der Waals surface area (Å²) in [7, 11) is 2.91. The van der Waals surface area contributed by atoms with Gasteiger partial charge in [-0.05, 0) is 48.4 Å². The van der Waals surface area contributed by atoms with Gasteiger partial charge in [0.15, 0.2) is 11.5 Å². The number of ether oxygens (including phenoxy) is 4. The number of anilines is 1. The zero-order valence-electron chi connectivity index (χ0n) is 19.9. The molecule has 0 atom stereocenters. The van der Waals surface area contributed by atoms with Crippen molar-refractivity contribution in [1.82, 2.24) is 0 Å². The Bertz CT molecular complexity index is 1300. The molecule has 0 spiro atoms. The standard InChI is InChI=1S/C27H24BrClN2O5/c1-4-35-26-12-18(7-10-23(26)36-16-17-5-8-20(28)9-6-17)11-19(15-30)27(32)31-22-14-24(33-2)21(29)13-25(22)34-3/h5-14H,4,16H2,1-3H3,(H,31,32)/b19-11+. The number of hydrogen-bond donors (Lipinski definition) is 1.